The van der Waals surface area contributed by atoms with Crippen molar-refractivity contribution >= 4 is 11.8 Å². The molecule has 1 aliphatic rings. The fourth-order valence-electron chi connectivity index (χ4n) is 2.86. The Kier molecular flexibility index (Phi) is 4.67. The molecule has 2 heterocycles. The van der Waals surface area contributed by atoms with Crippen LogP contribution in [0.1, 0.15) is 36.9 Å². The van der Waals surface area contributed by atoms with Crippen LogP contribution < -0.4 is 5.73 Å². The summed E-state index contributed by atoms with van der Waals surface area (Å²) in [5, 5.41) is 3.42. The van der Waals surface area contributed by atoms with Crippen molar-refractivity contribution in [1.29, 1.82) is 0 Å². The second kappa shape index (κ2) is 6.21. The number of alkyl halides is 3. The van der Waals surface area contributed by atoms with Gasteiger partial charge in [-0.3, -0.25) is 14.3 Å². The van der Waals surface area contributed by atoms with E-state index < -0.39 is 35.5 Å². The summed E-state index contributed by atoms with van der Waals surface area (Å²) >= 11 is 0. The van der Waals surface area contributed by atoms with Gasteiger partial charge in [-0.15, -0.1) is 0 Å². The molecule has 6 nitrogen and oxygen atoms in total. The molecule has 1 saturated heterocycles. The first kappa shape index (κ1) is 17.3. The summed E-state index contributed by atoms with van der Waals surface area (Å²) in [6.07, 6.45) is -2.22. The number of halogens is 3. The number of likely N-dealkylation sites (tertiary alicyclic amines) is 1. The molecule has 2 atom stereocenters. The molecule has 1 fully saturated rings. The number of aryl methyl sites for hydroxylation is 1. The minimum atomic E-state index is -4.62. The highest BCUT2D eigenvalue weighted by molar-refractivity contribution is 5.85. The molecule has 23 heavy (non-hydrogen) atoms. The molecule has 1 aromatic rings. The van der Waals surface area contributed by atoms with E-state index in [1.54, 1.807) is 0 Å². The lowest BCUT2D eigenvalue weighted by molar-refractivity contribution is -0.143. The number of nitrogens with two attached hydrogens (primary N) is 1. The number of amides is 2. The number of primary amides is 1. The van der Waals surface area contributed by atoms with Crippen molar-refractivity contribution in [3.63, 3.8) is 0 Å². The van der Waals surface area contributed by atoms with Gasteiger partial charge in [0.1, 0.15) is 0 Å². The van der Waals surface area contributed by atoms with Crippen LogP contribution in [-0.2, 0) is 22.8 Å². The smallest absolute Gasteiger partial charge is 0.369 e. The Balaban J connectivity index is 2.22. The molecule has 2 amide bonds. The van der Waals surface area contributed by atoms with Crippen molar-refractivity contribution in [2.75, 3.05) is 13.1 Å². The first-order chi connectivity index (χ1) is 10.6. The predicted octanol–water partition coefficient (Wildman–Crippen LogP) is 1.27. The van der Waals surface area contributed by atoms with Crippen molar-refractivity contribution in [2.45, 2.75) is 31.9 Å². The summed E-state index contributed by atoms with van der Waals surface area (Å²) in [5.41, 5.74) is 4.05. The molecule has 0 spiro atoms. The molecule has 9 heteroatoms. The van der Waals surface area contributed by atoms with Gasteiger partial charge in [-0.1, -0.05) is 0 Å². The first-order valence-electron chi connectivity index (χ1n) is 7.30. The zero-order chi connectivity index (χ0) is 17.4. The maximum Gasteiger partial charge on any atom is 0.435 e. The van der Waals surface area contributed by atoms with Gasteiger partial charge in [0.05, 0.1) is 11.8 Å². The Bertz CT molecular complexity index is 612. The molecule has 0 bridgehead atoms. The monoisotopic (exact) mass is 332 g/mol. The maximum atomic E-state index is 13.0. The zero-order valence-corrected chi connectivity index (χ0v) is 12.9. The van der Waals surface area contributed by atoms with Crippen molar-refractivity contribution in [2.24, 2.45) is 18.7 Å². The largest absolute Gasteiger partial charge is 0.435 e. The van der Waals surface area contributed by atoms with Gasteiger partial charge in [-0.25, -0.2) is 0 Å². The second-order valence-corrected chi connectivity index (χ2v) is 5.85. The number of rotatable bonds is 3. The molecule has 2 rings (SSSR count). The molecule has 1 aromatic heterocycles. The highest BCUT2D eigenvalue weighted by Gasteiger charge is 2.40. The van der Waals surface area contributed by atoms with Crippen molar-refractivity contribution in [1.82, 2.24) is 14.7 Å². The number of nitrogens with zero attached hydrogens (tertiary/aromatic N) is 3. The van der Waals surface area contributed by atoms with Crippen LogP contribution in [-0.4, -0.2) is 39.6 Å². The molecule has 0 radical (unpaired) electrons. The van der Waals surface area contributed by atoms with Crippen LogP contribution in [0.5, 0.6) is 0 Å². The highest BCUT2D eigenvalue weighted by Crippen LogP contribution is 2.35. The van der Waals surface area contributed by atoms with Gasteiger partial charge in [0, 0.05) is 31.9 Å². The highest BCUT2D eigenvalue weighted by atomic mass is 19.4. The third kappa shape index (κ3) is 3.65. The summed E-state index contributed by atoms with van der Waals surface area (Å²) in [5.74, 6) is -2.38. The third-order valence-electron chi connectivity index (χ3n) is 4.10. The van der Waals surface area contributed by atoms with E-state index >= 15 is 0 Å². The van der Waals surface area contributed by atoms with Gasteiger partial charge in [0.15, 0.2) is 5.69 Å². The van der Waals surface area contributed by atoms with E-state index in [1.807, 2.05) is 0 Å². The molecule has 0 aromatic carbocycles. The molecular weight excluding hydrogens is 313 g/mol. The predicted molar refractivity (Wildman–Crippen MR) is 75.1 cm³/mol. The number of hydrogen-bond acceptors (Lipinski definition) is 3. The Labute approximate surface area is 131 Å². The Morgan fingerprint density at radius 1 is 1.43 bits per heavy atom. The van der Waals surface area contributed by atoms with E-state index in [9.17, 15) is 22.8 Å². The van der Waals surface area contributed by atoms with Crippen molar-refractivity contribution < 1.29 is 22.8 Å². The summed E-state index contributed by atoms with van der Waals surface area (Å²) in [6.45, 7) is 1.98. The second-order valence-electron chi connectivity index (χ2n) is 5.85. The van der Waals surface area contributed by atoms with Crippen LogP contribution in [0, 0.1) is 5.92 Å². The number of piperidine rings is 1. The maximum absolute atomic E-state index is 13.0. The van der Waals surface area contributed by atoms with E-state index in [-0.39, 0.29) is 12.1 Å². The van der Waals surface area contributed by atoms with Crippen molar-refractivity contribution in [3.8, 4) is 0 Å². The van der Waals surface area contributed by atoms with Crippen LogP contribution in [0.4, 0.5) is 13.2 Å². The molecule has 0 saturated carbocycles. The van der Waals surface area contributed by atoms with Gasteiger partial charge in [0.25, 0.3) is 0 Å². The van der Waals surface area contributed by atoms with E-state index in [4.69, 9.17) is 5.73 Å². The van der Waals surface area contributed by atoms with E-state index in [0.29, 0.717) is 19.4 Å². The average Bonchev–Trinajstić information content (AvgIpc) is 2.88. The zero-order valence-electron chi connectivity index (χ0n) is 12.9. The average molecular weight is 332 g/mol. The fourth-order valence-corrected chi connectivity index (χ4v) is 2.86. The minimum absolute atomic E-state index is 0.153. The molecule has 0 unspecified atom stereocenters. The first-order valence-corrected chi connectivity index (χ1v) is 7.30. The number of carbonyl (C=O) groups is 2. The van der Waals surface area contributed by atoms with Crippen LogP contribution in [0.25, 0.3) is 0 Å². The lowest BCUT2D eigenvalue weighted by Gasteiger charge is -2.33. The minimum Gasteiger partial charge on any atom is -0.369 e. The summed E-state index contributed by atoms with van der Waals surface area (Å²) in [4.78, 5) is 25.2. The van der Waals surface area contributed by atoms with E-state index in [0.717, 1.165) is 4.68 Å². The quantitative estimate of drug-likeness (QED) is 0.905. The van der Waals surface area contributed by atoms with Crippen molar-refractivity contribution in [3.05, 3.63) is 17.5 Å². The molecule has 1 aliphatic heterocycles. The van der Waals surface area contributed by atoms with Crippen LogP contribution in [0.15, 0.2) is 6.20 Å². The number of aromatic nitrogens is 2. The Hall–Kier alpha value is -2.06. The third-order valence-corrected chi connectivity index (χ3v) is 4.10. The van der Waals surface area contributed by atoms with Gasteiger partial charge in [-0.05, 0) is 19.8 Å². The SMILES string of the molecule is C[C@H](C(=O)N1CCC[C@H](C(N)=O)C1)c1cn(C)nc1C(F)(F)F. The molecular formula is C14H19F3N4O2. The fraction of sp³-hybridized carbons (Fsp3) is 0.643. The number of hydrogen-bond donors (Lipinski definition) is 1. The van der Waals surface area contributed by atoms with Gasteiger partial charge < -0.3 is 10.6 Å². The van der Waals surface area contributed by atoms with Crippen LogP contribution in [0.3, 0.4) is 0 Å². The standard InChI is InChI=1S/C14H19F3N4O2/c1-8(10-7-20(2)19-11(10)14(15,16)17)13(23)21-5-3-4-9(6-21)12(18)22/h7-9H,3-6H2,1-2H3,(H2,18,22)/t8-,9-/m0/s1. The summed E-state index contributed by atoms with van der Waals surface area (Å²) < 4.78 is 40.1. The van der Waals surface area contributed by atoms with Gasteiger partial charge >= 0.3 is 6.18 Å². The van der Waals surface area contributed by atoms with Gasteiger partial charge in [0.2, 0.25) is 11.8 Å². The topological polar surface area (TPSA) is 81.2 Å². The Morgan fingerprint density at radius 3 is 2.65 bits per heavy atom. The molecule has 128 valence electrons. The normalized spacial score (nSPS) is 20.4. The lowest BCUT2D eigenvalue weighted by Crippen LogP contribution is -2.45. The van der Waals surface area contributed by atoms with E-state index in [2.05, 4.69) is 5.10 Å². The summed E-state index contributed by atoms with van der Waals surface area (Å²) in [7, 11) is 1.37. The molecule has 2 N–H and O–H groups in total. The molecule has 0 aliphatic carbocycles. The van der Waals surface area contributed by atoms with Crippen LogP contribution in [0.2, 0.25) is 0 Å². The Morgan fingerprint density at radius 2 is 2.09 bits per heavy atom. The van der Waals surface area contributed by atoms with Gasteiger partial charge in [-0.2, -0.15) is 18.3 Å². The summed E-state index contributed by atoms with van der Waals surface area (Å²) in [6, 6.07) is 0. The van der Waals surface area contributed by atoms with E-state index in [1.165, 1.54) is 25.1 Å². The lowest BCUT2D eigenvalue weighted by atomic mass is 9.94. The van der Waals surface area contributed by atoms with Crippen LogP contribution >= 0.6 is 0 Å². The number of carbonyl (C=O) groups excluding carboxylic acids is 2.